The molecule has 0 aliphatic carbocycles. The van der Waals surface area contributed by atoms with E-state index in [2.05, 4.69) is 43.5 Å². The average Bonchev–Trinajstić information content (AvgIpc) is 2.81. The molecule has 0 aliphatic heterocycles. The van der Waals surface area contributed by atoms with Crippen molar-refractivity contribution >= 4 is 26.8 Å². The van der Waals surface area contributed by atoms with Gasteiger partial charge in [-0.1, -0.05) is 18.2 Å². The van der Waals surface area contributed by atoms with E-state index in [-0.39, 0.29) is 6.04 Å². The topological polar surface area (TPSA) is 42.7 Å². The Hall–Kier alpha value is -1.72. The zero-order chi connectivity index (χ0) is 14.1. The number of rotatable bonds is 3. The Bertz CT molecular complexity index is 726. The van der Waals surface area contributed by atoms with E-state index in [0.717, 1.165) is 21.1 Å². The summed E-state index contributed by atoms with van der Waals surface area (Å²) >= 11 is 3.58. The van der Waals surface area contributed by atoms with E-state index in [4.69, 9.17) is 0 Å². The van der Waals surface area contributed by atoms with Gasteiger partial charge in [0.1, 0.15) is 0 Å². The molecule has 3 aromatic rings. The van der Waals surface area contributed by atoms with Crippen LogP contribution in [0.3, 0.4) is 0 Å². The fourth-order valence-electron chi connectivity index (χ4n) is 2.55. The highest BCUT2D eigenvalue weighted by molar-refractivity contribution is 9.10. The van der Waals surface area contributed by atoms with Gasteiger partial charge in [-0.25, -0.2) is 0 Å². The molecule has 102 valence electrons. The van der Waals surface area contributed by atoms with E-state index >= 15 is 0 Å². The van der Waals surface area contributed by atoms with Crippen LogP contribution in [0.2, 0.25) is 0 Å². The molecule has 0 fully saturated rings. The van der Waals surface area contributed by atoms with Crippen molar-refractivity contribution in [2.45, 2.75) is 6.04 Å². The van der Waals surface area contributed by atoms with Crippen LogP contribution in [-0.2, 0) is 7.05 Å². The third-order valence-electron chi connectivity index (χ3n) is 3.49. The molecular formula is C15H15BrN4. The SMILES string of the molecule is CNC(c1ccnc2ccccc12)c1c(Br)cnn1C. The van der Waals surface area contributed by atoms with Crippen molar-refractivity contribution in [1.29, 1.82) is 0 Å². The lowest BCUT2D eigenvalue weighted by atomic mass is 9.99. The molecule has 20 heavy (non-hydrogen) atoms. The summed E-state index contributed by atoms with van der Waals surface area (Å²) in [6.07, 6.45) is 3.68. The lowest BCUT2D eigenvalue weighted by Gasteiger charge is -2.19. The molecule has 4 nitrogen and oxygen atoms in total. The molecule has 0 amide bonds. The minimum Gasteiger partial charge on any atom is -0.308 e. The fourth-order valence-corrected chi connectivity index (χ4v) is 3.13. The molecule has 0 spiro atoms. The van der Waals surface area contributed by atoms with Gasteiger partial charge >= 0.3 is 0 Å². The van der Waals surface area contributed by atoms with Gasteiger partial charge in [0.25, 0.3) is 0 Å². The molecule has 0 bridgehead atoms. The van der Waals surface area contributed by atoms with Gasteiger partial charge < -0.3 is 5.32 Å². The maximum Gasteiger partial charge on any atom is 0.0764 e. The summed E-state index contributed by atoms with van der Waals surface area (Å²) in [7, 11) is 3.91. The van der Waals surface area contributed by atoms with Crippen LogP contribution in [0, 0.1) is 0 Å². The molecule has 1 aromatic carbocycles. The lowest BCUT2D eigenvalue weighted by molar-refractivity contribution is 0.606. The Balaban J connectivity index is 2.22. The largest absolute Gasteiger partial charge is 0.308 e. The van der Waals surface area contributed by atoms with E-state index in [0.29, 0.717) is 0 Å². The van der Waals surface area contributed by atoms with Crippen molar-refractivity contribution in [1.82, 2.24) is 20.1 Å². The second-order valence-corrected chi connectivity index (χ2v) is 5.49. The smallest absolute Gasteiger partial charge is 0.0764 e. The number of aryl methyl sites for hydroxylation is 1. The van der Waals surface area contributed by atoms with Crippen molar-refractivity contribution in [3.05, 3.63) is 58.5 Å². The van der Waals surface area contributed by atoms with Gasteiger partial charge in [-0.15, -0.1) is 0 Å². The zero-order valence-electron chi connectivity index (χ0n) is 11.3. The van der Waals surface area contributed by atoms with Crippen molar-refractivity contribution in [2.75, 3.05) is 7.05 Å². The third-order valence-corrected chi connectivity index (χ3v) is 4.10. The number of fused-ring (bicyclic) bond motifs is 1. The summed E-state index contributed by atoms with van der Waals surface area (Å²) < 4.78 is 2.89. The summed E-state index contributed by atoms with van der Waals surface area (Å²) in [5.41, 5.74) is 3.30. The molecule has 2 heterocycles. The number of aromatic nitrogens is 3. The lowest BCUT2D eigenvalue weighted by Crippen LogP contribution is -2.21. The van der Waals surface area contributed by atoms with Crippen molar-refractivity contribution in [3.8, 4) is 0 Å². The van der Waals surface area contributed by atoms with Gasteiger partial charge in [0.05, 0.1) is 27.9 Å². The predicted octanol–water partition coefficient (Wildman–Crippen LogP) is 3.04. The number of nitrogens with one attached hydrogen (secondary N) is 1. The molecule has 0 saturated heterocycles. The predicted molar refractivity (Wildman–Crippen MR) is 83.6 cm³/mol. The molecule has 0 aliphatic rings. The number of nitrogens with zero attached hydrogens (tertiary/aromatic N) is 3. The van der Waals surface area contributed by atoms with Gasteiger partial charge in [-0.3, -0.25) is 9.67 Å². The van der Waals surface area contributed by atoms with E-state index in [1.807, 2.05) is 49.4 Å². The van der Waals surface area contributed by atoms with Crippen molar-refractivity contribution in [3.63, 3.8) is 0 Å². The van der Waals surface area contributed by atoms with Crippen LogP contribution in [-0.4, -0.2) is 21.8 Å². The first-order valence-electron chi connectivity index (χ1n) is 6.40. The number of para-hydroxylation sites is 1. The minimum atomic E-state index is 0.0600. The Morgan fingerprint density at radius 3 is 2.75 bits per heavy atom. The summed E-state index contributed by atoms with van der Waals surface area (Å²) in [6, 6.07) is 10.3. The van der Waals surface area contributed by atoms with Crippen LogP contribution < -0.4 is 5.32 Å². The van der Waals surface area contributed by atoms with Crippen LogP contribution in [0.1, 0.15) is 17.3 Å². The van der Waals surface area contributed by atoms with Crippen LogP contribution in [0.15, 0.2) is 47.2 Å². The molecule has 0 saturated carbocycles. The van der Waals surface area contributed by atoms with E-state index in [1.165, 1.54) is 5.56 Å². The van der Waals surface area contributed by atoms with Crippen LogP contribution in [0.25, 0.3) is 10.9 Å². The molecule has 3 rings (SSSR count). The Labute approximate surface area is 126 Å². The fraction of sp³-hybridized carbons (Fsp3) is 0.200. The molecule has 1 unspecified atom stereocenters. The minimum absolute atomic E-state index is 0.0600. The number of benzene rings is 1. The summed E-state index contributed by atoms with van der Waals surface area (Å²) in [5, 5.41) is 8.84. The highest BCUT2D eigenvalue weighted by Crippen LogP contribution is 2.31. The highest BCUT2D eigenvalue weighted by Gasteiger charge is 2.21. The third kappa shape index (κ3) is 2.13. The number of hydrogen-bond acceptors (Lipinski definition) is 3. The van der Waals surface area contributed by atoms with Gasteiger partial charge in [-0.2, -0.15) is 5.10 Å². The molecular weight excluding hydrogens is 316 g/mol. The summed E-state index contributed by atoms with van der Waals surface area (Å²) in [5.74, 6) is 0. The maximum absolute atomic E-state index is 4.42. The Kier molecular flexibility index (Phi) is 3.54. The molecule has 1 atom stereocenters. The summed E-state index contributed by atoms with van der Waals surface area (Å²) in [6.45, 7) is 0. The first-order valence-corrected chi connectivity index (χ1v) is 7.20. The highest BCUT2D eigenvalue weighted by atomic mass is 79.9. The zero-order valence-corrected chi connectivity index (χ0v) is 12.9. The number of hydrogen-bond donors (Lipinski definition) is 1. The van der Waals surface area contributed by atoms with Crippen molar-refractivity contribution < 1.29 is 0 Å². The molecule has 2 aromatic heterocycles. The molecule has 5 heteroatoms. The Morgan fingerprint density at radius 2 is 2.05 bits per heavy atom. The Morgan fingerprint density at radius 1 is 1.25 bits per heavy atom. The quantitative estimate of drug-likeness (QED) is 0.802. The van der Waals surface area contributed by atoms with Crippen LogP contribution in [0.5, 0.6) is 0 Å². The first-order chi connectivity index (χ1) is 9.72. The monoisotopic (exact) mass is 330 g/mol. The molecule has 0 radical (unpaired) electrons. The first kappa shape index (κ1) is 13.3. The van der Waals surface area contributed by atoms with Gasteiger partial charge in [0.2, 0.25) is 0 Å². The normalized spacial score (nSPS) is 12.8. The number of pyridine rings is 1. The van der Waals surface area contributed by atoms with Crippen LogP contribution in [0.4, 0.5) is 0 Å². The van der Waals surface area contributed by atoms with E-state index in [1.54, 1.807) is 0 Å². The van der Waals surface area contributed by atoms with Gasteiger partial charge in [0.15, 0.2) is 0 Å². The van der Waals surface area contributed by atoms with E-state index < -0.39 is 0 Å². The average molecular weight is 331 g/mol. The van der Waals surface area contributed by atoms with E-state index in [9.17, 15) is 0 Å². The van der Waals surface area contributed by atoms with Crippen molar-refractivity contribution in [2.24, 2.45) is 7.05 Å². The van der Waals surface area contributed by atoms with Gasteiger partial charge in [-0.05, 0) is 40.7 Å². The second-order valence-electron chi connectivity index (χ2n) is 4.64. The summed E-state index contributed by atoms with van der Waals surface area (Å²) in [4.78, 5) is 4.42. The number of halogens is 1. The van der Waals surface area contributed by atoms with Crippen LogP contribution >= 0.6 is 15.9 Å². The maximum atomic E-state index is 4.42. The standard InChI is InChI=1S/C15H15BrN4/c1-17-14(15-12(16)9-19-20(15)2)11-7-8-18-13-6-4-3-5-10(11)13/h3-9,14,17H,1-2H3. The second kappa shape index (κ2) is 5.34. The van der Waals surface area contributed by atoms with Gasteiger partial charge in [0, 0.05) is 18.6 Å². The molecule has 1 N–H and O–H groups in total.